The number of alkyl halides is 1. The number of nitrogens with zero attached hydrogens (tertiary/aromatic N) is 1. The summed E-state index contributed by atoms with van der Waals surface area (Å²) in [7, 11) is 0. The molecule has 0 amide bonds. The highest BCUT2D eigenvalue weighted by Gasteiger charge is 2.20. The molecule has 0 aromatic carbocycles. The summed E-state index contributed by atoms with van der Waals surface area (Å²) in [5.74, 6) is 2.78. The van der Waals surface area contributed by atoms with Crippen LogP contribution in [-0.2, 0) is 0 Å². The topological polar surface area (TPSA) is 3.24 Å². The first-order chi connectivity index (χ1) is 4.83. The van der Waals surface area contributed by atoms with Crippen LogP contribution in [0.1, 0.15) is 6.42 Å². The van der Waals surface area contributed by atoms with E-state index in [0.717, 1.165) is 6.54 Å². The lowest BCUT2D eigenvalue weighted by Crippen LogP contribution is -2.20. The molecule has 1 rings (SSSR count). The van der Waals surface area contributed by atoms with Crippen LogP contribution in [0.4, 0.5) is 4.39 Å². The fourth-order valence-corrected chi connectivity index (χ4v) is 1.15. The molecule has 1 aliphatic rings. The minimum atomic E-state index is -0.637. The van der Waals surface area contributed by atoms with Crippen LogP contribution in [0.2, 0.25) is 0 Å². The largest absolute Gasteiger partial charge is 0.289 e. The molecular formula is C7H10FNS. The van der Waals surface area contributed by atoms with E-state index in [4.69, 9.17) is 0 Å². The quantitative estimate of drug-likeness (QED) is 0.440. The van der Waals surface area contributed by atoms with Crippen molar-refractivity contribution in [2.45, 2.75) is 12.6 Å². The zero-order valence-corrected chi connectivity index (χ0v) is 6.57. The van der Waals surface area contributed by atoms with Gasteiger partial charge in [0.2, 0.25) is 0 Å². The third-order valence-corrected chi connectivity index (χ3v) is 1.75. The lowest BCUT2D eigenvalue weighted by Gasteiger charge is -2.08. The van der Waals surface area contributed by atoms with Crippen LogP contribution in [0.25, 0.3) is 0 Å². The molecule has 0 saturated carbocycles. The molecule has 0 radical (unpaired) electrons. The van der Waals surface area contributed by atoms with Crippen molar-refractivity contribution >= 4 is 12.6 Å². The number of hydrogen-bond donors (Lipinski definition) is 1. The standard InChI is InChI=1S/C7H10FNS/c8-7-2-4-9(6-7)3-1-5-10/h7,10H,2-4,6H2/t7-/m1/s1. The summed E-state index contributed by atoms with van der Waals surface area (Å²) >= 11 is 3.73. The SMILES string of the molecule is F[C@@H]1CCN(CC#CS)C1. The zero-order chi connectivity index (χ0) is 7.40. The van der Waals surface area contributed by atoms with Gasteiger partial charge in [-0.15, -0.1) is 0 Å². The molecule has 0 aromatic heterocycles. The van der Waals surface area contributed by atoms with E-state index in [2.05, 4.69) is 23.8 Å². The lowest BCUT2D eigenvalue weighted by molar-refractivity contribution is 0.308. The van der Waals surface area contributed by atoms with Gasteiger partial charge in [0, 0.05) is 13.1 Å². The van der Waals surface area contributed by atoms with Crippen molar-refractivity contribution in [2.75, 3.05) is 19.6 Å². The van der Waals surface area contributed by atoms with Crippen LogP contribution in [0.3, 0.4) is 0 Å². The van der Waals surface area contributed by atoms with Gasteiger partial charge in [-0.3, -0.25) is 4.90 Å². The van der Waals surface area contributed by atoms with E-state index in [1.807, 2.05) is 4.90 Å². The summed E-state index contributed by atoms with van der Waals surface area (Å²) < 4.78 is 12.5. The number of hydrogen-bond acceptors (Lipinski definition) is 2. The first-order valence-electron chi connectivity index (χ1n) is 3.31. The summed E-state index contributed by atoms with van der Waals surface area (Å²) in [6.07, 6.45) is 0.0237. The minimum Gasteiger partial charge on any atom is -0.289 e. The van der Waals surface area contributed by atoms with Gasteiger partial charge in [-0.05, 0) is 11.7 Å². The third-order valence-electron chi connectivity index (χ3n) is 1.60. The Morgan fingerprint density at radius 1 is 1.70 bits per heavy atom. The number of likely N-dealkylation sites (tertiary alicyclic amines) is 1. The number of halogens is 1. The predicted molar refractivity (Wildman–Crippen MR) is 42.7 cm³/mol. The van der Waals surface area contributed by atoms with Gasteiger partial charge in [0.25, 0.3) is 0 Å². The van der Waals surface area contributed by atoms with Gasteiger partial charge in [-0.2, -0.15) is 0 Å². The highest BCUT2D eigenvalue weighted by atomic mass is 32.1. The van der Waals surface area contributed by atoms with E-state index in [-0.39, 0.29) is 0 Å². The Hall–Kier alpha value is -0.200. The molecular weight excluding hydrogens is 149 g/mol. The van der Waals surface area contributed by atoms with E-state index in [1.54, 1.807) is 0 Å². The maximum absolute atomic E-state index is 12.5. The molecule has 0 spiro atoms. The van der Waals surface area contributed by atoms with Crippen molar-refractivity contribution in [3.8, 4) is 11.2 Å². The van der Waals surface area contributed by atoms with E-state index in [1.165, 1.54) is 0 Å². The summed E-state index contributed by atoms with van der Waals surface area (Å²) in [4.78, 5) is 1.99. The Bertz CT molecular complexity index is 161. The van der Waals surface area contributed by atoms with Crippen LogP contribution < -0.4 is 0 Å². The van der Waals surface area contributed by atoms with Gasteiger partial charge < -0.3 is 0 Å². The molecule has 0 N–H and O–H groups in total. The van der Waals surface area contributed by atoms with Gasteiger partial charge in [-0.1, -0.05) is 18.5 Å². The van der Waals surface area contributed by atoms with Crippen molar-refractivity contribution < 1.29 is 4.39 Å². The van der Waals surface area contributed by atoms with Crippen molar-refractivity contribution in [3.63, 3.8) is 0 Å². The molecule has 0 bridgehead atoms. The maximum Gasteiger partial charge on any atom is 0.114 e. The number of rotatable bonds is 1. The molecule has 0 unspecified atom stereocenters. The van der Waals surface area contributed by atoms with Gasteiger partial charge in [0.1, 0.15) is 6.17 Å². The first-order valence-corrected chi connectivity index (χ1v) is 3.76. The van der Waals surface area contributed by atoms with E-state index in [9.17, 15) is 4.39 Å². The Morgan fingerprint density at radius 3 is 3.00 bits per heavy atom. The predicted octanol–water partition coefficient (Wildman–Crippen LogP) is 0.921. The molecule has 0 aliphatic carbocycles. The zero-order valence-electron chi connectivity index (χ0n) is 5.68. The Balaban J connectivity index is 2.22. The maximum atomic E-state index is 12.5. The highest BCUT2D eigenvalue weighted by molar-refractivity contribution is 7.85. The van der Waals surface area contributed by atoms with Gasteiger partial charge in [0.15, 0.2) is 0 Å². The van der Waals surface area contributed by atoms with Crippen molar-refractivity contribution in [1.82, 2.24) is 4.90 Å². The molecule has 1 nitrogen and oxygen atoms in total. The van der Waals surface area contributed by atoms with Crippen LogP contribution in [0.5, 0.6) is 0 Å². The summed E-state index contributed by atoms with van der Waals surface area (Å²) in [5.41, 5.74) is 0. The van der Waals surface area contributed by atoms with Crippen molar-refractivity contribution in [2.24, 2.45) is 0 Å². The van der Waals surface area contributed by atoms with E-state index < -0.39 is 6.17 Å². The number of thiol groups is 1. The second kappa shape index (κ2) is 3.85. The fraction of sp³-hybridized carbons (Fsp3) is 0.714. The first kappa shape index (κ1) is 7.90. The smallest absolute Gasteiger partial charge is 0.114 e. The normalized spacial score (nSPS) is 26.0. The average molecular weight is 159 g/mol. The molecule has 1 heterocycles. The van der Waals surface area contributed by atoms with E-state index in [0.29, 0.717) is 19.5 Å². The van der Waals surface area contributed by atoms with Crippen LogP contribution >= 0.6 is 12.6 Å². The van der Waals surface area contributed by atoms with E-state index >= 15 is 0 Å². The van der Waals surface area contributed by atoms with Crippen LogP contribution in [-0.4, -0.2) is 30.7 Å². The summed E-state index contributed by atoms with van der Waals surface area (Å²) in [5, 5.41) is 2.49. The average Bonchev–Trinajstić information content (AvgIpc) is 2.31. The van der Waals surface area contributed by atoms with Gasteiger partial charge in [0.05, 0.1) is 6.54 Å². The molecule has 1 fully saturated rings. The Kier molecular flexibility index (Phi) is 3.04. The fourth-order valence-electron chi connectivity index (χ4n) is 1.08. The minimum absolute atomic E-state index is 0.544. The summed E-state index contributed by atoms with van der Waals surface area (Å²) in [6, 6.07) is 0. The second-order valence-electron chi connectivity index (χ2n) is 2.41. The molecule has 3 heteroatoms. The van der Waals surface area contributed by atoms with Crippen molar-refractivity contribution in [1.29, 1.82) is 0 Å². The Morgan fingerprint density at radius 2 is 2.50 bits per heavy atom. The Labute approximate surface area is 66.0 Å². The molecule has 0 aromatic rings. The second-order valence-corrected chi connectivity index (χ2v) is 2.63. The van der Waals surface area contributed by atoms with Crippen LogP contribution in [0.15, 0.2) is 0 Å². The molecule has 1 atom stereocenters. The van der Waals surface area contributed by atoms with Gasteiger partial charge in [-0.25, -0.2) is 4.39 Å². The van der Waals surface area contributed by atoms with Gasteiger partial charge >= 0.3 is 0 Å². The summed E-state index contributed by atoms with van der Waals surface area (Å²) in [6.45, 7) is 2.04. The van der Waals surface area contributed by atoms with Crippen LogP contribution in [0, 0.1) is 11.2 Å². The van der Waals surface area contributed by atoms with Crippen molar-refractivity contribution in [3.05, 3.63) is 0 Å². The third kappa shape index (κ3) is 2.20. The highest BCUT2D eigenvalue weighted by Crippen LogP contribution is 2.10. The lowest BCUT2D eigenvalue weighted by atomic mass is 10.3. The molecule has 1 saturated heterocycles. The molecule has 10 heavy (non-hydrogen) atoms. The molecule has 1 aliphatic heterocycles. The molecule has 56 valence electrons. The monoisotopic (exact) mass is 159 g/mol.